The van der Waals surface area contributed by atoms with Crippen molar-refractivity contribution >= 4 is 11.9 Å². The van der Waals surface area contributed by atoms with Crippen LogP contribution in [0.5, 0.6) is 17.2 Å². The van der Waals surface area contributed by atoms with Crippen LogP contribution in [-0.2, 0) is 11.3 Å². The van der Waals surface area contributed by atoms with E-state index in [1.165, 1.54) is 0 Å². The number of rotatable bonds is 9. The van der Waals surface area contributed by atoms with Crippen LogP contribution in [0.2, 0.25) is 0 Å². The van der Waals surface area contributed by atoms with Gasteiger partial charge in [0.1, 0.15) is 17.2 Å². The second kappa shape index (κ2) is 10.7. The highest BCUT2D eigenvalue weighted by atomic mass is 16.5. The topological polar surface area (TPSA) is 103 Å². The number of nitrogens with one attached hydrogen (secondary N) is 2. The summed E-state index contributed by atoms with van der Waals surface area (Å²) in [5.41, 5.74) is 6.91. The smallest absolute Gasteiger partial charge is 0.312 e. The van der Waals surface area contributed by atoms with Crippen molar-refractivity contribution in [1.29, 1.82) is 0 Å². The van der Waals surface area contributed by atoms with Gasteiger partial charge in [0, 0.05) is 12.1 Å². The molecule has 0 aliphatic rings. The van der Waals surface area contributed by atoms with Crippen LogP contribution < -0.4 is 25.8 Å². The fraction of sp³-hybridized carbons (Fsp3) is 0.167. The highest BCUT2D eigenvalue weighted by Gasteiger charge is 2.18. The predicted octanol–water partition coefficient (Wildman–Crippen LogP) is 3.90. The predicted molar refractivity (Wildman–Crippen MR) is 118 cm³/mol. The van der Waals surface area contributed by atoms with Crippen LogP contribution in [0.4, 0.5) is 4.79 Å². The summed E-state index contributed by atoms with van der Waals surface area (Å²) in [6.07, 6.45) is 0.0207. The monoisotopic (exact) mass is 419 g/mol. The third-order valence-corrected chi connectivity index (χ3v) is 4.61. The summed E-state index contributed by atoms with van der Waals surface area (Å²) < 4.78 is 11.2. The van der Waals surface area contributed by atoms with Gasteiger partial charge in [0.2, 0.25) is 5.91 Å². The maximum Gasteiger partial charge on any atom is 0.312 e. The standard InChI is InChI=1S/C24H25N3O4/c1-30-22-13-6-5-8-18(22)16-26-23(28)15-21(27-24(25)29)17-9-7-12-20(14-17)31-19-10-3-2-4-11-19/h2-14,21H,15-16H2,1H3,(H,26,28)(H3,25,27,29)/t21-/m0/s1. The molecule has 0 saturated carbocycles. The van der Waals surface area contributed by atoms with Gasteiger partial charge in [-0.1, -0.05) is 48.5 Å². The Morgan fingerprint density at radius 3 is 2.39 bits per heavy atom. The molecule has 0 spiro atoms. The van der Waals surface area contributed by atoms with E-state index in [0.29, 0.717) is 29.4 Å². The number of para-hydroxylation sites is 2. The maximum absolute atomic E-state index is 12.6. The van der Waals surface area contributed by atoms with Crippen LogP contribution >= 0.6 is 0 Å². The van der Waals surface area contributed by atoms with Gasteiger partial charge in [0.15, 0.2) is 0 Å². The van der Waals surface area contributed by atoms with E-state index < -0.39 is 12.1 Å². The molecule has 0 saturated heterocycles. The van der Waals surface area contributed by atoms with E-state index in [2.05, 4.69) is 10.6 Å². The molecule has 0 aliphatic carbocycles. The number of carbonyl (C=O) groups is 2. The van der Waals surface area contributed by atoms with E-state index in [4.69, 9.17) is 15.2 Å². The van der Waals surface area contributed by atoms with Gasteiger partial charge in [0.05, 0.1) is 19.6 Å². The van der Waals surface area contributed by atoms with Crippen molar-refractivity contribution in [3.05, 3.63) is 90.0 Å². The van der Waals surface area contributed by atoms with Crippen molar-refractivity contribution < 1.29 is 19.1 Å². The molecule has 3 aromatic carbocycles. The number of hydrogen-bond acceptors (Lipinski definition) is 4. The van der Waals surface area contributed by atoms with Gasteiger partial charge >= 0.3 is 6.03 Å². The highest BCUT2D eigenvalue weighted by molar-refractivity contribution is 5.79. The lowest BCUT2D eigenvalue weighted by Gasteiger charge is -2.19. The van der Waals surface area contributed by atoms with Crippen molar-refractivity contribution in [2.45, 2.75) is 19.0 Å². The second-order valence-corrected chi connectivity index (χ2v) is 6.84. The lowest BCUT2D eigenvalue weighted by molar-refractivity contribution is -0.121. The Morgan fingerprint density at radius 1 is 0.935 bits per heavy atom. The normalized spacial score (nSPS) is 11.3. The fourth-order valence-electron chi connectivity index (χ4n) is 3.14. The number of ether oxygens (including phenoxy) is 2. The number of hydrogen-bond donors (Lipinski definition) is 3. The molecule has 0 aromatic heterocycles. The maximum atomic E-state index is 12.6. The van der Waals surface area contributed by atoms with Crippen LogP contribution in [0.15, 0.2) is 78.9 Å². The van der Waals surface area contributed by atoms with Crippen LogP contribution in [0.3, 0.4) is 0 Å². The third kappa shape index (κ3) is 6.50. The fourth-order valence-corrected chi connectivity index (χ4v) is 3.14. The van der Waals surface area contributed by atoms with Crippen molar-refractivity contribution in [2.24, 2.45) is 5.73 Å². The van der Waals surface area contributed by atoms with Crippen molar-refractivity contribution in [3.8, 4) is 17.2 Å². The van der Waals surface area contributed by atoms with Crippen molar-refractivity contribution in [3.63, 3.8) is 0 Å². The first kappa shape index (κ1) is 21.7. The molecule has 4 N–H and O–H groups in total. The molecular formula is C24H25N3O4. The third-order valence-electron chi connectivity index (χ3n) is 4.61. The quantitative estimate of drug-likeness (QED) is 0.489. The minimum Gasteiger partial charge on any atom is -0.496 e. The van der Waals surface area contributed by atoms with Gasteiger partial charge in [-0.25, -0.2) is 4.79 Å². The summed E-state index contributed by atoms with van der Waals surface area (Å²) in [5.74, 6) is 1.74. The molecule has 7 nitrogen and oxygen atoms in total. The lowest BCUT2D eigenvalue weighted by atomic mass is 10.0. The molecule has 0 aliphatic heterocycles. The van der Waals surface area contributed by atoms with Crippen LogP contribution in [-0.4, -0.2) is 19.0 Å². The van der Waals surface area contributed by atoms with Crippen LogP contribution in [0.25, 0.3) is 0 Å². The van der Waals surface area contributed by atoms with E-state index in [-0.39, 0.29) is 12.3 Å². The molecule has 3 aromatic rings. The summed E-state index contributed by atoms with van der Waals surface area (Å²) in [4.78, 5) is 24.1. The van der Waals surface area contributed by atoms with Gasteiger partial charge < -0.3 is 25.8 Å². The van der Waals surface area contributed by atoms with E-state index in [1.807, 2.05) is 60.7 Å². The molecule has 7 heteroatoms. The SMILES string of the molecule is COc1ccccc1CNC(=O)C[C@H](NC(N)=O)c1cccc(Oc2ccccc2)c1. The zero-order valence-electron chi connectivity index (χ0n) is 17.2. The summed E-state index contributed by atoms with van der Waals surface area (Å²) in [6.45, 7) is 0.309. The highest BCUT2D eigenvalue weighted by Crippen LogP contribution is 2.26. The second-order valence-electron chi connectivity index (χ2n) is 6.84. The summed E-state index contributed by atoms with van der Waals surface area (Å²) >= 11 is 0. The molecule has 31 heavy (non-hydrogen) atoms. The van der Waals surface area contributed by atoms with Crippen molar-refractivity contribution in [1.82, 2.24) is 10.6 Å². The molecule has 1 atom stereocenters. The summed E-state index contributed by atoms with van der Waals surface area (Å²) in [6, 6.07) is 22.7. The number of nitrogens with two attached hydrogens (primary N) is 1. The first-order chi connectivity index (χ1) is 15.0. The molecule has 0 unspecified atom stereocenters. The largest absolute Gasteiger partial charge is 0.496 e. The molecule has 0 fully saturated rings. The van der Waals surface area contributed by atoms with Crippen molar-refractivity contribution in [2.75, 3.05) is 7.11 Å². The Labute approximate surface area is 181 Å². The average Bonchev–Trinajstić information content (AvgIpc) is 2.78. The van der Waals surface area contributed by atoms with Gasteiger partial charge in [0.25, 0.3) is 0 Å². The minimum atomic E-state index is -0.711. The van der Waals surface area contributed by atoms with Gasteiger partial charge in [-0.15, -0.1) is 0 Å². The summed E-state index contributed by atoms with van der Waals surface area (Å²) in [7, 11) is 1.58. The molecule has 0 radical (unpaired) electrons. The summed E-state index contributed by atoms with van der Waals surface area (Å²) in [5, 5.41) is 5.50. The first-order valence-corrected chi connectivity index (χ1v) is 9.82. The first-order valence-electron chi connectivity index (χ1n) is 9.82. The minimum absolute atomic E-state index is 0.0207. The van der Waals surface area contributed by atoms with E-state index in [1.54, 1.807) is 25.3 Å². The number of amides is 3. The molecule has 0 heterocycles. The van der Waals surface area contributed by atoms with Gasteiger partial charge in [-0.2, -0.15) is 0 Å². The van der Waals surface area contributed by atoms with E-state index in [0.717, 1.165) is 5.56 Å². The number of carbonyl (C=O) groups excluding carboxylic acids is 2. The Kier molecular flexibility index (Phi) is 7.48. The lowest BCUT2D eigenvalue weighted by Crippen LogP contribution is -2.36. The Morgan fingerprint density at radius 2 is 1.65 bits per heavy atom. The molecule has 3 amide bonds. The average molecular weight is 419 g/mol. The number of primary amides is 1. The molecule has 0 bridgehead atoms. The zero-order valence-corrected chi connectivity index (χ0v) is 17.2. The van der Waals surface area contributed by atoms with Crippen LogP contribution in [0, 0.1) is 0 Å². The zero-order chi connectivity index (χ0) is 22.1. The Balaban J connectivity index is 1.69. The Hall–Kier alpha value is -4.00. The molecule has 3 rings (SSSR count). The number of urea groups is 1. The number of methoxy groups -OCH3 is 1. The number of benzene rings is 3. The Bertz CT molecular complexity index is 1020. The molecule has 160 valence electrons. The molecular weight excluding hydrogens is 394 g/mol. The van der Waals surface area contributed by atoms with Crippen LogP contribution in [0.1, 0.15) is 23.6 Å². The van der Waals surface area contributed by atoms with E-state index >= 15 is 0 Å². The van der Waals surface area contributed by atoms with E-state index in [9.17, 15) is 9.59 Å². The van der Waals surface area contributed by atoms with Gasteiger partial charge in [-0.3, -0.25) is 4.79 Å². The van der Waals surface area contributed by atoms with Gasteiger partial charge in [-0.05, 0) is 35.9 Å².